The van der Waals surface area contributed by atoms with Gasteiger partial charge in [0.2, 0.25) is 0 Å². The molecule has 0 aliphatic rings. The first-order chi connectivity index (χ1) is 12.5. The summed E-state index contributed by atoms with van der Waals surface area (Å²) in [6.45, 7) is 1.74. The van der Waals surface area contributed by atoms with Crippen molar-refractivity contribution in [3.8, 4) is 11.3 Å². The molecule has 3 rings (SSSR count). The molecule has 0 saturated carbocycles. The van der Waals surface area contributed by atoms with Crippen molar-refractivity contribution >= 4 is 23.2 Å². The van der Waals surface area contributed by atoms with E-state index >= 15 is 0 Å². The molecule has 0 radical (unpaired) electrons. The van der Waals surface area contributed by atoms with Crippen molar-refractivity contribution in [1.82, 2.24) is 10.5 Å². The number of hydrogen-bond donors (Lipinski definition) is 1. The van der Waals surface area contributed by atoms with Crippen molar-refractivity contribution in [2.24, 2.45) is 0 Å². The van der Waals surface area contributed by atoms with Crippen LogP contribution in [0, 0.1) is 17.0 Å². The maximum absolute atomic E-state index is 12.2. The number of carbonyl (C=O) groups is 1. The number of nitrogens with zero attached hydrogens (tertiary/aromatic N) is 2. The fourth-order valence-electron chi connectivity index (χ4n) is 2.40. The van der Waals surface area contributed by atoms with Crippen LogP contribution in [0.25, 0.3) is 11.3 Å². The van der Waals surface area contributed by atoms with Crippen LogP contribution in [0.15, 0.2) is 53.1 Å². The summed E-state index contributed by atoms with van der Waals surface area (Å²) in [7, 11) is 0. The number of nitro benzene ring substituents is 1. The monoisotopic (exact) mass is 371 g/mol. The van der Waals surface area contributed by atoms with E-state index in [4.69, 9.17) is 16.1 Å². The Morgan fingerprint density at radius 3 is 2.77 bits per heavy atom. The Kier molecular flexibility index (Phi) is 4.99. The average Bonchev–Trinajstić information content (AvgIpc) is 3.09. The third-order valence-electron chi connectivity index (χ3n) is 3.80. The third-order valence-corrected chi connectivity index (χ3v) is 4.13. The zero-order chi connectivity index (χ0) is 18.7. The van der Waals surface area contributed by atoms with Gasteiger partial charge in [-0.1, -0.05) is 35.0 Å². The minimum absolute atomic E-state index is 0.0971. The molecule has 1 N–H and O–H groups in total. The molecule has 132 valence electrons. The number of halogens is 1. The molecule has 26 heavy (non-hydrogen) atoms. The maximum atomic E-state index is 12.2. The van der Waals surface area contributed by atoms with E-state index in [2.05, 4.69) is 10.5 Å². The van der Waals surface area contributed by atoms with E-state index in [9.17, 15) is 14.9 Å². The van der Waals surface area contributed by atoms with Crippen molar-refractivity contribution in [3.63, 3.8) is 0 Å². The van der Waals surface area contributed by atoms with Crippen LogP contribution >= 0.6 is 11.6 Å². The highest BCUT2D eigenvalue weighted by Crippen LogP contribution is 2.28. The Hall–Kier alpha value is -3.19. The summed E-state index contributed by atoms with van der Waals surface area (Å²) >= 11 is 6.12. The molecular weight excluding hydrogens is 358 g/mol. The molecule has 1 aromatic heterocycles. The molecule has 1 heterocycles. The van der Waals surface area contributed by atoms with Gasteiger partial charge in [-0.15, -0.1) is 0 Å². The van der Waals surface area contributed by atoms with E-state index < -0.39 is 10.8 Å². The number of amides is 1. The SMILES string of the molecule is Cc1ccc(C(=O)NCc2cc(-c3ccccc3Cl)on2)cc1[N+](=O)[O-]. The quantitative estimate of drug-likeness (QED) is 0.536. The third kappa shape index (κ3) is 3.73. The first-order valence-electron chi connectivity index (χ1n) is 7.69. The van der Waals surface area contributed by atoms with Crippen LogP contribution in [0.3, 0.4) is 0 Å². The summed E-state index contributed by atoms with van der Waals surface area (Å²) in [4.78, 5) is 22.7. The number of aromatic nitrogens is 1. The summed E-state index contributed by atoms with van der Waals surface area (Å²) in [6, 6.07) is 13.2. The van der Waals surface area contributed by atoms with Crippen LogP contribution in [-0.4, -0.2) is 16.0 Å². The smallest absolute Gasteiger partial charge is 0.273 e. The molecule has 3 aromatic rings. The molecule has 0 aliphatic carbocycles. The van der Waals surface area contributed by atoms with Crippen molar-refractivity contribution < 1.29 is 14.2 Å². The number of aryl methyl sites for hydroxylation is 1. The topological polar surface area (TPSA) is 98.3 Å². The Bertz CT molecular complexity index is 984. The van der Waals surface area contributed by atoms with Crippen LogP contribution in [-0.2, 0) is 6.54 Å². The van der Waals surface area contributed by atoms with Gasteiger partial charge in [0, 0.05) is 28.8 Å². The lowest BCUT2D eigenvalue weighted by Gasteiger charge is -2.04. The zero-order valence-corrected chi connectivity index (χ0v) is 14.5. The maximum Gasteiger partial charge on any atom is 0.273 e. The largest absolute Gasteiger partial charge is 0.356 e. The van der Waals surface area contributed by atoms with Crippen LogP contribution < -0.4 is 5.32 Å². The molecule has 0 fully saturated rings. The van der Waals surface area contributed by atoms with Gasteiger partial charge in [-0.25, -0.2) is 0 Å². The summed E-state index contributed by atoms with van der Waals surface area (Å²) in [5, 5.41) is 18.1. The van der Waals surface area contributed by atoms with Gasteiger partial charge >= 0.3 is 0 Å². The van der Waals surface area contributed by atoms with Gasteiger partial charge in [0.05, 0.1) is 16.5 Å². The molecule has 0 aliphatic heterocycles. The number of benzene rings is 2. The van der Waals surface area contributed by atoms with Gasteiger partial charge < -0.3 is 9.84 Å². The van der Waals surface area contributed by atoms with Gasteiger partial charge in [0.15, 0.2) is 5.76 Å². The van der Waals surface area contributed by atoms with Crippen LogP contribution in [0.1, 0.15) is 21.6 Å². The van der Waals surface area contributed by atoms with E-state index in [-0.39, 0.29) is 17.8 Å². The lowest BCUT2D eigenvalue weighted by atomic mass is 10.1. The predicted octanol–water partition coefficient (Wildman–Crippen LogP) is 4.14. The number of carbonyl (C=O) groups excluding carboxylic acids is 1. The molecule has 1 amide bonds. The molecule has 8 heteroatoms. The summed E-state index contributed by atoms with van der Waals surface area (Å²) < 4.78 is 5.26. The van der Waals surface area contributed by atoms with Crippen molar-refractivity contribution in [2.75, 3.05) is 0 Å². The number of nitrogens with one attached hydrogen (secondary N) is 1. The van der Waals surface area contributed by atoms with Crippen molar-refractivity contribution in [2.45, 2.75) is 13.5 Å². The normalized spacial score (nSPS) is 10.5. The highest BCUT2D eigenvalue weighted by atomic mass is 35.5. The molecule has 0 spiro atoms. The molecule has 0 saturated heterocycles. The highest BCUT2D eigenvalue weighted by Gasteiger charge is 2.16. The fourth-order valence-corrected chi connectivity index (χ4v) is 2.63. The van der Waals surface area contributed by atoms with Gasteiger partial charge in [-0.05, 0) is 25.1 Å². The first-order valence-corrected chi connectivity index (χ1v) is 8.07. The van der Waals surface area contributed by atoms with Crippen LogP contribution in [0.2, 0.25) is 5.02 Å². The minimum Gasteiger partial charge on any atom is -0.356 e. The average molecular weight is 372 g/mol. The lowest BCUT2D eigenvalue weighted by molar-refractivity contribution is -0.385. The Morgan fingerprint density at radius 2 is 2.04 bits per heavy atom. The number of hydrogen-bond acceptors (Lipinski definition) is 5. The molecule has 0 atom stereocenters. The van der Waals surface area contributed by atoms with E-state index in [1.54, 1.807) is 31.2 Å². The van der Waals surface area contributed by atoms with Crippen molar-refractivity contribution in [1.29, 1.82) is 0 Å². The van der Waals surface area contributed by atoms with Crippen LogP contribution in [0.5, 0.6) is 0 Å². The Labute approximate surface area is 153 Å². The second-order valence-electron chi connectivity index (χ2n) is 5.60. The van der Waals surface area contributed by atoms with Crippen LogP contribution in [0.4, 0.5) is 5.69 Å². The predicted molar refractivity (Wildman–Crippen MR) is 96.0 cm³/mol. The van der Waals surface area contributed by atoms with Gasteiger partial charge in [0.1, 0.15) is 5.69 Å². The van der Waals surface area contributed by atoms with Gasteiger partial charge in [-0.3, -0.25) is 14.9 Å². The summed E-state index contributed by atoms with van der Waals surface area (Å²) in [5.41, 5.74) is 1.81. The van der Waals surface area contributed by atoms with E-state index in [1.807, 2.05) is 12.1 Å². The fraction of sp³-hybridized carbons (Fsp3) is 0.111. The second kappa shape index (κ2) is 7.37. The highest BCUT2D eigenvalue weighted by molar-refractivity contribution is 6.33. The second-order valence-corrected chi connectivity index (χ2v) is 6.01. The van der Waals surface area contributed by atoms with E-state index in [1.165, 1.54) is 12.1 Å². The number of nitro groups is 1. The molecular formula is C18H14ClN3O4. The zero-order valence-electron chi connectivity index (χ0n) is 13.7. The molecule has 7 nitrogen and oxygen atoms in total. The standard InChI is InChI=1S/C18H14ClN3O4/c1-11-6-7-12(8-16(11)22(24)25)18(23)20-10-13-9-17(26-21-13)14-4-2-3-5-15(14)19/h2-9H,10H2,1H3,(H,20,23). The van der Waals surface area contributed by atoms with E-state index in [0.717, 1.165) is 0 Å². The Balaban J connectivity index is 1.70. The lowest BCUT2D eigenvalue weighted by Crippen LogP contribution is -2.23. The van der Waals surface area contributed by atoms with Gasteiger partial charge in [-0.2, -0.15) is 0 Å². The van der Waals surface area contributed by atoms with Gasteiger partial charge in [0.25, 0.3) is 11.6 Å². The van der Waals surface area contributed by atoms with Crippen molar-refractivity contribution in [3.05, 3.63) is 80.5 Å². The molecule has 0 unspecified atom stereocenters. The Morgan fingerprint density at radius 1 is 1.27 bits per heavy atom. The minimum atomic E-state index is -0.514. The molecule has 0 bridgehead atoms. The summed E-state index contributed by atoms with van der Waals surface area (Å²) in [6.07, 6.45) is 0. The van der Waals surface area contributed by atoms with E-state index in [0.29, 0.717) is 27.6 Å². The molecule has 2 aromatic carbocycles. The number of rotatable bonds is 5. The first kappa shape index (κ1) is 17.6. The summed E-state index contributed by atoms with van der Waals surface area (Å²) in [5.74, 6) is 0.0567.